The Hall–Kier alpha value is -1.85. The fraction of sp³-hybridized carbons (Fsp3) is 0.286. The van der Waals surface area contributed by atoms with Gasteiger partial charge in [-0.15, -0.1) is 0 Å². The number of fused-ring (bicyclic) bond motifs is 1. The topological polar surface area (TPSA) is 55.4 Å². The van der Waals surface area contributed by atoms with Crippen LogP contribution in [0.3, 0.4) is 0 Å². The van der Waals surface area contributed by atoms with E-state index in [0.29, 0.717) is 11.6 Å². The highest BCUT2D eigenvalue weighted by Crippen LogP contribution is 2.13. The standard InChI is InChI=1S/C14H15ClN4O/c1-9-13(10(2)20-18-9)6-16-5-12-8-19-7-11(15)3-4-14(19)17-12/h3-4,7-8,16H,5-6H2,1-2H3. The van der Waals surface area contributed by atoms with Crippen LogP contribution >= 0.6 is 11.6 Å². The average molecular weight is 291 g/mol. The van der Waals surface area contributed by atoms with E-state index >= 15 is 0 Å². The van der Waals surface area contributed by atoms with Crippen molar-refractivity contribution in [2.75, 3.05) is 0 Å². The molecule has 0 amide bonds. The Morgan fingerprint density at radius 3 is 2.85 bits per heavy atom. The Labute approximate surface area is 121 Å². The molecular weight excluding hydrogens is 276 g/mol. The van der Waals surface area contributed by atoms with Crippen molar-refractivity contribution in [1.29, 1.82) is 0 Å². The number of imidazole rings is 1. The Morgan fingerprint density at radius 1 is 1.25 bits per heavy atom. The number of hydrogen-bond donors (Lipinski definition) is 1. The van der Waals surface area contributed by atoms with Gasteiger partial charge in [-0.3, -0.25) is 0 Å². The highest BCUT2D eigenvalue weighted by Gasteiger charge is 2.08. The summed E-state index contributed by atoms with van der Waals surface area (Å²) in [6.45, 7) is 5.27. The summed E-state index contributed by atoms with van der Waals surface area (Å²) in [5, 5.41) is 7.99. The molecular formula is C14H15ClN4O. The third-order valence-corrected chi connectivity index (χ3v) is 3.48. The predicted molar refractivity (Wildman–Crippen MR) is 76.7 cm³/mol. The van der Waals surface area contributed by atoms with Crippen LogP contribution in [-0.2, 0) is 13.1 Å². The molecule has 0 aromatic carbocycles. The first-order chi connectivity index (χ1) is 9.63. The van der Waals surface area contributed by atoms with Crippen molar-refractivity contribution < 1.29 is 4.52 Å². The Bertz CT molecular complexity index is 727. The van der Waals surface area contributed by atoms with Crippen molar-refractivity contribution >= 4 is 17.2 Å². The molecule has 5 nitrogen and oxygen atoms in total. The molecule has 0 spiro atoms. The highest BCUT2D eigenvalue weighted by molar-refractivity contribution is 6.30. The third kappa shape index (κ3) is 2.55. The van der Waals surface area contributed by atoms with Crippen LogP contribution in [-0.4, -0.2) is 14.5 Å². The summed E-state index contributed by atoms with van der Waals surface area (Å²) in [5.74, 6) is 0.858. The summed E-state index contributed by atoms with van der Waals surface area (Å²) in [5.41, 5.74) is 3.90. The van der Waals surface area contributed by atoms with Gasteiger partial charge < -0.3 is 14.2 Å². The molecule has 0 saturated carbocycles. The summed E-state index contributed by atoms with van der Waals surface area (Å²) in [6, 6.07) is 3.74. The minimum atomic E-state index is 0.684. The lowest BCUT2D eigenvalue weighted by Crippen LogP contribution is -2.13. The van der Waals surface area contributed by atoms with Crippen LogP contribution in [0.25, 0.3) is 5.65 Å². The van der Waals surface area contributed by atoms with E-state index in [0.717, 1.165) is 34.9 Å². The largest absolute Gasteiger partial charge is 0.361 e. The molecule has 0 saturated heterocycles. The number of rotatable bonds is 4. The monoisotopic (exact) mass is 290 g/mol. The van der Waals surface area contributed by atoms with Gasteiger partial charge in [0.1, 0.15) is 11.4 Å². The molecule has 0 aliphatic rings. The van der Waals surface area contributed by atoms with E-state index in [1.54, 1.807) is 0 Å². The van der Waals surface area contributed by atoms with Gasteiger partial charge in [0.2, 0.25) is 0 Å². The first-order valence-electron chi connectivity index (χ1n) is 6.39. The number of halogens is 1. The summed E-state index contributed by atoms with van der Waals surface area (Å²) in [4.78, 5) is 4.52. The van der Waals surface area contributed by atoms with Crippen molar-refractivity contribution in [3.8, 4) is 0 Å². The molecule has 0 aliphatic heterocycles. The maximum Gasteiger partial charge on any atom is 0.138 e. The van der Waals surface area contributed by atoms with Gasteiger partial charge in [-0.05, 0) is 26.0 Å². The maximum atomic E-state index is 5.95. The van der Waals surface area contributed by atoms with Crippen LogP contribution in [0, 0.1) is 13.8 Å². The molecule has 3 heterocycles. The van der Waals surface area contributed by atoms with Crippen molar-refractivity contribution in [1.82, 2.24) is 19.9 Å². The normalized spacial score (nSPS) is 11.3. The third-order valence-electron chi connectivity index (χ3n) is 3.25. The lowest BCUT2D eigenvalue weighted by atomic mass is 10.2. The van der Waals surface area contributed by atoms with Crippen LogP contribution in [0.5, 0.6) is 0 Å². The van der Waals surface area contributed by atoms with E-state index in [4.69, 9.17) is 16.1 Å². The van der Waals surface area contributed by atoms with Crippen LogP contribution < -0.4 is 5.32 Å². The van der Waals surface area contributed by atoms with Gasteiger partial charge in [0.15, 0.2) is 0 Å². The molecule has 3 aromatic heterocycles. The van der Waals surface area contributed by atoms with Gasteiger partial charge in [0, 0.05) is 31.0 Å². The molecule has 0 aliphatic carbocycles. The lowest BCUT2D eigenvalue weighted by Gasteiger charge is -2.01. The van der Waals surface area contributed by atoms with Gasteiger partial charge in [0.25, 0.3) is 0 Å². The summed E-state index contributed by atoms with van der Waals surface area (Å²) < 4.78 is 7.06. The zero-order valence-corrected chi connectivity index (χ0v) is 12.1. The molecule has 20 heavy (non-hydrogen) atoms. The number of aromatic nitrogens is 3. The van der Waals surface area contributed by atoms with Gasteiger partial charge >= 0.3 is 0 Å². The van der Waals surface area contributed by atoms with E-state index in [1.807, 2.05) is 42.8 Å². The molecule has 0 bridgehead atoms. The first-order valence-corrected chi connectivity index (χ1v) is 6.77. The number of aryl methyl sites for hydroxylation is 2. The van der Waals surface area contributed by atoms with E-state index < -0.39 is 0 Å². The Balaban J connectivity index is 1.68. The predicted octanol–water partition coefficient (Wildman–Crippen LogP) is 2.88. The minimum absolute atomic E-state index is 0.684. The second-order valence-electron chi connectivity index (χ2n) is 4.75. The van der Waals surface area contributed by atoms with E-state index in [2.05, 4.69) is 15.5 Å². The summed E-state index contributed by atoms with van der Waals surface area (Å²) in [6.07, 6.45) is 3.82. The second kappa shape index (κ2) is 5.26. The van der Waals surface area contributed by atoms with Crippen molar-refractivity contribution in [3.05, 3.63) is 52.3 Å². The molecule has 104 valence electrons. The van der Waals surface area contributed by atoms with Gasteiger partial charge in [0.05, 0.1) is 16.4 Å². The number of hydrogen-bond acceptors (Lipinski definition) is 4. The summed E-state index contributed by atoms with van der Waals surface area (Å²) >= 11 is 5.95. The molecule has 1 N–H and O–H groups in total. The van der Waals surface area contributed by atoms with E-state index in [-0.39, 0.29) is 0 Å². The van der Waals surface area contributed by atoms with Gasteiger partial charge in [-0.1, -0.05) is 16.8 Å². The van der Waals surface area contributed by atoms with Crippen LogP contribution in [0.4, 0.5) is 0 Å². The van der Waals surface area contributed by atoms with Crippen molar-refractivity contribution in [2.24, 2.45) is 0 Å². The molecule has 6 heteroatoms. The first kappa shape index (κ1) is 13.1. The fourth-order valence-corrected chi connectivity index (χ4v) is 2.34. The fourth-order valence-electron chi connectivity index (χ4n) is 2.17. The van der Waals surface area contributed by atoms with E-state index in [9.17, 15) is 0 Å². The Kier molecular flexibility index (Phi) is 3.46. The SMILES string of the molecule is Cc1noc(C)c1CNCc1cn2cc(Cl)ccc2n1. The minimum Gasteiger partial charge on any atom is -0.361 e. The number of nitrogens with zero attached hydrogens (tertiary/aromatic N) is 3. The van der Waals surface area contributed by atoms with E-state index in [1.165, 1.54) is 0 Å². The molecule has 0 fully saturated rings. The van der Waals surface area contributed by atoms with Crippen molar-refractivity contribution in [2.45, 2.75) is 26.9 Å². The smallest absolute Gasteiger partial charge is 0.138 e. The number of pyridine rings is 1. The molecule has 0 unspecified atom stereocenters. The number of nitrogens with one attached hydrogen (secondary N) is 1. The van der Waals surface area contributed by atoms with Crippen LogP contribution in [0.2, 0.25) is 5.02 Å². The molecule has 3 aromatic rings. The molecule has 0 radical (unpaired) electrons. The van der Waals surface area contributed by atoms with Crippen LogP contribution in [0.1, 0.15) is 22.7 Å². The molecule has 3 rings (SSSR count). The lowest BCUT2D eigenvalue weighted by molar-refractivity contribution is 0.392. The van der Waals surface area contributed by atoms with Gasteiger partial charge in [-0.2, -0.15) is 0 Å². The highest BCUT2D eigenvalue weighted by atomic mass is 35.5. The maximum absolute atomic E-state index is 5.95. The van der Waals surface area contributed by atoms with Gasteiger partial charge in [-0.25, -0.2) is 4.98 Å². The van der Waals surface area contributed by atoms with Crippen LogP contribution in [0.15, 0.2) is 29.0 Å². The molecule has 0 atom stereocenters. The zero-order chi connectivity index (χ0) is 14.1. The summed E-state index contributed by atoms with van der Waals surface area (Å²) in [7, 11) is 0. The second-order valence-corrected chi connectivity index (χ2v) is 5.19. The van der Waals surface area contributed by atoms with Crippen molar-refractivity contribution in [3.63, 3.8) is 0 Å². The average Bonchev–Trinajstić information content (AvgIpc) is 2.95. The quantitative estimate of drug-likeness (QED) is 0.803. The Morgan fingerprint density at radius 2 is 2.10 bits per heavy atom. The zero-order valence-electron chi connectivity index (χ0n) is 11.4.